The number of hydrogen-bond acceptors (Lipinski definition) is 5. The first-order valence-electron chi connectivity index (χ1n) is 12.4. The van der Waals surface area contributed by atoms with Crippen molar-refractivity contribution in [1.29, 1.82) is 0 Å². The Bertz CT molecular complexity index is 1080. The molecule has 1 spiro atoms. The average molecular weight is 496 g/mol. The smallest absolute Gasteiger partial charge is 0.247 e. The highest BCUT2D eigenvalue weighted by molar-refractivity contribution is 8.02. The third-order valence-corrected chi connectivity index (χ3v) is 9.57. The van der Waals surface area contributed by atoms with Gasteiger partial charge in [-0.15, -0.1) is 11.8 Å². The zero-order valence-electron chi connectivity index (χ0n) is 20.3. The molecule has 1 aromatic rings. The number of aliphatic hydroxyl groups is 1. The van der Waals surface area contributed by atoms with Gasteiger partial charge in [-0.2, -0.15) is 0 Å². The Labute approximate surface area is 210 Å². The predicted octanol–water partition coefficient (Wildman–Crippen LogP) is 2.07. The van der Waals surface area contributed by atoms with E-state index >= 15 is 0 Å². The molecule has 2 fully saturated rings. The summed E-state index contributed by atoms with van der Waals surface area (Å²) in [6, 6.07) is 9.05. The summed E-state index contributed by atoms with van der Waals surface area (Å²) in [6.45, 7) is 5.97. The molecule has 0 radical (unpaired) electrons. The zero-order valence-corrected chi connectivity index (χ0v) is 21.1. The number of thioether (sulfide) groups is 1. The minimum Gasteiger partial charge on any atom is -0.395 e. The highest BCUT2D eigenvalue weighted by Gasteiger charge is 2.73. The lowest BCUT2D eigenvalue weighted by Gasteiger charge is -2.36. The van der Waals surface area contributed by atoms with E-state index in [4.69, 9.17) is 0 Å². The van der Waals surface area contributed by atoms with Crippen LogP contribution in [0.15, 0.2) is 54.6 Å². The topological polar surface area (TPSA) is 81.2 Å². The lowest BCUT2D eigenvalue weighted by molar-refractivity contribution is -0.145. The monoisotopic (exact) mass is 495 g/mol. The van der Waals surface area contributed by atoms with Crippen LogP contribution >= 0.6 is 11.8 Å². The molecule has 4 aliphatic rings. The Morgan fingerprint density at radius 3 is 2.37 bits per heavy atom. The maximum atomic E-state index is 14.1. The van der Waals surface area contributed by atoms with E-state index in [0.717, 1.165) is 12.0 Å². The molecule has 0 bridgehead atoms. The quantitative estimate of drug-likeness (QED) is 0.611. The van der Waals surface area contributed by atoms with Gasteiger partial charge in [0.1, 0.15) is 6.04 Å². The zero-order chi connectivity index (χ0) is 24.8. The molecule has 3 amide bonds. The van der Waals surface area contributed by atoms with Gasteiger partial charge in [0.25, 0.3) is 0 Å². The fourth-order valence-corrected chi connectivity index (χ4v) is 8.54. The Morgan fingerprint density at radius 2 is 1.66 bits per heavy atom. The van der Waals surface area contributed by atoms with Gasteiger partial charge in [-0.05, 0) is 18.9 Å². The Balaban J connectivity index is 1.58. The van der Waals surface area contributed by atoms with Gasteiger partial charge < -0.3 is 19.8 Å². The van der Waals surface area contributed by atoms with Gasteiger partial charge in [0.15, 0.2) is 0 Å². The molecule has 8 heteroatoms. The second-order valence-corrected chi connectivity index (χ2v) is 11.8. The molecule has 0 aromatic heterocycles. The van der Waals surface area contributed by atoms with Gasteiger partial charge >= 0.3 is 0 Å². The molecule has 4 heterocycles. The molecule has 5 rings (SSSR count). The van der Waals surface area contributed by atoms with Crippen LogP contribution in [0.1, 0.15) is 25.8 Å². The maximum absolute atomic E-state index is 14.1. The normalized spacial score (nSPS) is 34.1. The van der Waals surface area contributed by atoms with E-state index in [1.165, 1.54) is 0 Å². The number of β-amino-alcohol motifs (C(OH)–C–C–N with tert-alkyl or cyclic N) is 1. The van der Waals surface area contributed by atoms with Crippen molar-refractivity contribution in [2.24, 2.45) is 11.8 Å². The van der Waals surface area contributed by atoms with E-state index in [1.807, 2.05) is 67.3 Å². The first-order chi connectivity index (χ1) is 16.9. The van der Waals surface area contributed by atoms with Gasteiger partial charge in [-0.1, -0.05) is 61.6 Å². The Morgan fingerprint density at radius 1 is 0.943 bits per heavy atom. The average Bonchev–Trinajstić information content (AvgIpc) is 3.11. The molecular weight excluding hydrogens is 462 g/mol. The first kappa shape index (κ1) is 24.1. The number of carbonyl (C=O) groups is 3. The summed E-state index contributed by atoms with van der Waals surface area (Å²) >= 11 is 1.58. The minimum absolute atomic E-state index is 0.0158. The van der Waals surface area contributed by atoms with E-state index in [9.17, 15) is 19.5 Å². The number of rotatable bonds is 6. The molecule has 7 nitrogen and oxygen atoms in total. The first-order valence-corrected chi connectivity index (χ1v) is 13.3. The Hall–Kier alpha value is -2.58. The highest BCUT2D eigenvalue weighted by atomic mass is 32.2. The van der Waals surface area contributed by atoms with Gasteiger partial charge in [-0.3, -0.25) is 14.4 Å². The van der Waals surface area contributed by atoms with E-state index < -0.39 is 27.4 Å². The molecule has 2 saturated heterocycles. The van der Waals surface area contributed by atoms with E-state index in [-0.39, 0.29) is 30.9 Å². The highest BCUT2D eigenvalue weighted by Crippen LogP contribution is 2.65. The fourth-order valence-electron chi connectivity index (χ4n) is 6.38. The van der Waals surface area contributed by atoms with E-state index in [2.05, 4.69) is 6.08 Å². The number of hydrogen-bond donors (Lipinski definition) is 1. The summed E-state index contributed by atoms with van der Waals surface area (Å²) in [5.74, 6) is -1.56. The van der Waals surface area contributed by atoms with Crippen LogP contribution in [0.4, 0.5) is 0 Å². The third-order valence-electron chi connectivity index (χ3n) is 7.77. The second kappa shape index (κ2) is 9.13. The second-order valence-electron chi connectivity index (χ2n) is 10.0. The number of nitrogens with zero attached hydrogens (tertiary/aromatic N) is 3. The van der Waals surface area contributed by atoms with Crippen molar-refractivity contribution in [2.75, 3.05) is 32.8 Å². The summed E-state index contributed by atoms with van der Waals surface area (Å²) in [6.07, 6.45) is 8.97. The van der Waals surface area contributed by atoms with Gasteiger partial charge in [0, 0.05) is 37.5 Å². The minimum atomic E-state index is -0.858. The number of amides is 3. The molecule has 1 unspecified atom stereocenters. The molecular formula is C27H33N3O4S. The lowest BCUT2D eigenvalue weighted by Crippen LogP contribution is -2.53. The van der Waals surface area contributed by atoms with E-state index in [1.54, 1.807) is 21.6 Å². The van der Waals surface area contributed by atoms with Gasteiger partial charge in [0.05, 0.1) is 23.2 Å². The largest absolute Gasteiger partial charge is 0.395 e. The molecule has 5 atom stereocenters. The Kier molecular flexibility index (Phi) is 6.30. The molecule has 4 aliphatic heterocycles. The standard InChI is InChI=1S/C27H33N3O4S/c1-3-13-28-14-7-11-26(2)20(23(28)32)21-24(33)30(16-17-31)22-25(34)29(15-8-12-27(21,22)35-26)18-19-9-5-4-6-10-19/h4-12,20-22,31H,3,13-18H2,1-2H3/t20-,21+,22?,26+,27+/m1/s1. The van der Waals surface area contributed by atoms with Crippen LogP contribution < -0.4 is 0 Å². The van der Waals surface area contributed by atoms with Crippen molar-refractivity contribution >= 4 is 29.5 Å². The molecule has 35 heavy (non-hydrogen) atoms. The van der Waals surface area contributed by atoms with Crippen molar-refractivity contribution in [3.05, 3.63) is 60.2 Å². The molecule has 0 saturated carbocycles. The molecule has 186 valence electrons. The fraction of sp³-hybridized carbons (Fsp3) is 0.519. The number of benzene rings is 1. The number of carbonyl (C=O) groups excluding carboxylic acids is 3. The number of likely N-dealkylation sites (tertiary alicyclic amines) is 1. The molecule has 0 aliphatic carbocycles. The number of aliphatic hydroxyl groups excluding tert-OH is 1. The molecule has 1 N–H and O–H groups in total. The van der Waals surface area contributed by atoms with Crippen molar-refractivity contribution in [3.63, 3.8) is 0 Å². The summed E-state index contributed by atoms with van der Waals surface area (Å²) in [5.41, 5.74) is 1.02. The van der Waals surface area contributed by atoms with Crippen LogP contribution in [0.25, 0.3) is 0 Å². The summed E-state index contributed by atoms with van der Waals surface area (Å²) < 4.78 is -1.45. The summed E-state index contributed by atoms with van der Waals surface area (Å²) in [4.78, 5) is 47.1. The van der Waals surface area contributed by atoms with Crippen molar-refractivity contribution < 1.29 is 19.5 Å². The van der Waals surface area contributed by atoms with Crippen LogP contribution in [-0.2, 0) is 20.9 Å². The van der Waals surface area contributed by atoms with Crippen molar-refractivity contribution in [1.82, 2.24) is 14.7 Å². The SMILES string of the molecule is CCCN1CC=C[C@]2(C)S[C@]34C=CCN(Cc5ccccc5)C(=O)C3N(CCO)C(=O)[C@@H]4[C@@H]2C1=O. The van der Waals surface area contributed by atoms with Crippen molar-refractivity contribution in [2.45, 2.75) is 42.3 Å². The van der Waals surface area contributed by atoms with Crippen molar-refractivity contribution in [3.8, 4) is 0 Å². The lowest BCUT2D eigenvalue weighted by atomic mass is 9.74. The van der Waals surface area contributed by atoms with Gasteiger partial charge in [0.2, 0.25) is 17.7 Å². The maximum Gasteiger partial charge on any atom is 0.247 e. The van der Waals surface area contributed by atoms with Crippen LogP contribution in [0, 0.1) is 11.8 Å². The summed E-state index contributed by atoms with van der Waals surface area (Å²) in [7, 11) is 0. The van der Waals surface area contributed by atoms with Crippen LogP contribution in [0.5, 0.6) is 0 Å². The predicted molar refractivity (Wildman–Crippen MR) is 135 cm³/mol. The molecule has 1 aromatic carbocycles. The summed E-state index contributed by atoms with van der Waals surface area (Å²) in [5, 5.41) is 9.82. The van der Waals surface area contributed by atoms with Gasteiger partial charge in [-0.25, -0.2) is 0 Å². The van der Waals surface area contributed by atoms with Crippen LogP contribution in [0.3, 0.4) is 0 Å². The third kappa shape index (κ3) is 3.73. The van der Waals surface area contributed by atoms with Crippen LogP contribution in [0.2, 0.25) is 0 Å². The van der Waals surface area contributed by atoms with Crippen LogP contribution in [-0.4, -0.2) is 85.8 Å². The number of fused-ring (bicyclic) bond motifs is 2. The van der Waals surface area contributed by atoms with E-state index in [0.29, 0.717) is 26.2 Å².